The zero-order valence-electron chi connectivity index (χ0n) is 8.30. The van der Waals surface area contributed by atoms with Gasteiger partial charge in [-0.2, -0.15) is 10.3 Å². The van der Waals surface area contributed by atoms with Crippen LogP contribution in [0.5, 0.6) is 0 Å². The van der Waals surface area contributed by atoms with E-state index in [9.17, 15) is 0 Å². The van der Waals surface area contributed by atoms with Crippen LogP contribution in [0, 0.1) is 0 Å². The summed E-state index contributed by atoms with van der Waals surface area (Å²) in [5, 5.41) is 18.2. The second-order valence-electron chi connectivity index (χ2n) is 3.85. The molecule has 0 aliphatic heterocycles. The Morgan fingerprint density at radius 3 is 2.93 bits per heavy atom. The van der Waals surface area contributed by atoms with E-state index in [0.717, 1.165) is 5.69 Å². The molecule has 2 aromatic heterocycles. The average molecular weight is 204 g/mol. The van der Waals surface area contributed by atoms with Crippen LogP contribution in [0.1, 0.15) is 31.7 Å². The molecule has 15 heavy (non-hydrogen) atoms. The SMILES string of the molecule is c1cn(C2CCCC2)nc1-c1nn[nH]n1. The van der Waals surface area contributed by atoms with Crippen molar-refractivity contribution in [2.75, 3.05) is 0 Å². The maximum atomic E-state index is 4.47. The molecule has 0 unspecified atom stereocenters. The quantitative estimate of drug-likeness (QED) is 0.797. The molecule has 2 heterocycles. The van der Waals surface area contributed by atoms with E-state index in [-0.39, 0.29) is 0 Å². The summed E-state index contributed by atoms with van der Waals surface area (Å²) in [5.41, 5.74) is 0.788. The van der Waals surface area contributed by atoms with E-state index in [2.05, 4.69) is 25.7 Å². The first kappa shape index (κ1) is 8.58. The number of hydrogen-bond acceptors (Lipinski definition) is 4. The van der Waals surface area contributed by atoms with Crippen LogP contribution in [0.4, 0.5) is 0 Å². The maximum absolute atomic E-state index is 4.47. The standard InChI is InChI=1S/C9H12N6/c1-2-4-7(3-1)15-6-5-8(12-15)9-10-13-14-11-9/h5-7H,1-4H2,(H,10,11,13,14). The molecule has 0 radical (unpaired) electrons. The summed E-state index contributed by atoms with van der Waals surface area (Å²) >= 11 is 0. The number of tetrazole rings is 1. The molecular formula is C9H12N6. The molecule has 6 heteroatoms. The lowest BCUT2D eigenvalue weighted by molar-refractivity contribution is 0.468. The minimum absolute atomic E-state index is 0.561. The third kappa shape index (κ3) is 1.51. The minimum atomic E-state index is 0.561. The van der Waals surface area contributed by atoms with Crippen molar-refractivity contribution in [3.05, 3.63) is 12.3 Å². The van der Waals surface area contributed by atoms with Gasteiger partial charge < -0.3 is 0 Å². The predicted octanol–water partition coefficient (Wildman–Crippen LogP) is 1.18. The molecule has 78 valence electrons. The number of nitrogens with zero attached hydrogens (tertiary/aromatic N) is 5. The van der Waals surface area contributed by atoms with Crippen LogP contribution >= 0.6 is 0 Å². The van der Waals surface area contributed by atoms with Crippen LogP contribution in [0.15, 0.2) is 12.3 Å². The lowest BCUT2D eigenvalue weighted by Crippen LogP contribution is -2.05. The van der Waals surface area contributed by atoms with Crippen molar-refractivity contribution in [1.82, 2.24) is 30.4 Å². The van der Waals surface area contributed by atoms with Gasteiger partial charge in [-0.25, -0.2) is 0 Å². The monoisotopic (exact) mass is 204 g/mol. The van der Waals surface area contributed by atoms with Crippen LogP contribution in [0.25, 0.3) is 11.5 Å². The van der Waals surface area contributed by atoms with Gasteiger partial charge in [-0.15, -0.1) is 10.2 Å². The number of nitrogens with one attached hydrogen (secondary N) is 1. The Balaban J connectivity index is 1.87. The molecule has 6 nitrogen and oxygen atoms in total. The molecular weight excluding hydrogens is 192 g/mol. The van der Waals surface area contributed by atoms with E-state index in [1.807, 2.05) is 16.9 Å². The third-order valence-corrected chi connectivity index (χ3v) is 2.88. The number of aromatic nitrogens is 6. The fourth-order valence-corrected chi connectivity index (χ4v) is 2.10. The van der Waals surface area contributed by atoms with Gasteiger partial charge in [-0.3, -0.25) is 4.68 Å². The van der Waals surface area contributed by atoms with Crippen LogP contribution in [0.2, 0.25) is 0 Å². The highest BCUT2D eigenvalue weighted by Gasteiger charge is 2.18. The van der Waals surface area contributed by atoms with Crippen molar-refractivity contribution in [2.45, 2.75) is 31.7 Å². The third-order valence-electron chi connectivity index (χ3n) is 2.88. The average Bonchev–Trinajstić information content (AvgIpc) is 3.02. The number of aromatic amines is 1. The van der Waals surface area contributed by atoms with Crippen molar-refractivity contribution in [3.8, 4) is 11.5 Å². The molecule has 3 rings (SSSR count). The summed E-state index contributed by atoms with van der Waals surface area (Å²) in [4.78, 5) is 0. The van der Waals surface area contributed by atoms with Crippen molar-refractivity contribution < 1.29 is 0 Å². The van der Waals surface area contributed by atoms with Crippen LogP contribution in [-0.4, -0.2) is 30.4 Å². The van der Waals surface area contributed by atoms with E-state index in [4.69, 9.17) is 0 Å². The van der Waals surface area contributed by atoms with Gasteiger partial charge in [-0.1, -0.05) is 12.8 Å². The summed E-state index contributed by atoms with van der Waals surface area (Å²) in [6, 6.07) is 2.49. The second kappa shape index (κ2) is 3.45. The molecule has 1 aliphatic rings. The summed E-state index contributed by atoms with van der Waals surface area (Å²) in [6.07, 6.45) is 7.08. The Morgan fingerprint density at radius 2 is 2.20 bits per heavy atom. The highest BCUT2D eigenvalue weighted by Crippen LogP contribution is 2.29. The first-order chi connectivity index (χ1) is 7.43. The molecule has 0 amide bonds. The molecule has 0 aromatic carbocycles. The van der Waals surface area contributed by atoms with Crippen molar-refractivity contribution in [1.29, 1.82) is 0 Å². The fourth-order valence-electron chi connectivity index (χ4n) is 2.10. The van der Waals surface area contributed by atoms with Gasteiger partial charge in [0.15, 0.2) is 0 Å². The molecule has 1 fully saturated rings. The van der Waals surface area contributed by atoms with E-state index < -0.39 is 0 Å². The molecule has 1 saturated carbocycles. The van der Waals surface area contributed by atoms with Crippen molar-refractivity contribution >= 4 is 0 Å². The Kier molecular flexibility index (Phi) is 1.97. The molecule has 0 atom stereocenters. The Hall–Kier alpha value is -1.72. The van der Waals surface area contributed by atoms with Crippen LogP contribution in [-0.2, 0) is 0 Å². The fraction of sp³-hybridized carbons (Fsp3) is 0.556. The van der Waals surface area contributed by atoms with Crippen molar-refractivity contribution in [3.63, 3.8) is 0 Å². The van der Waals surface area contributed by atoms with E-state index in [1.54, 1.807) is 0 Å². The Labute approximate surface area is 86.7 Å². The number of hydrogen-bond donors (Lipinski definition) is 1. The summed E-state index contributed by atoms with van der Waals surface area (Å²) in [6.45, 7) is 0. The van der Waals surface area contributed by atoms with Gasteiger partial charge in [-0.05, 0) is 24.1 Å². The predicted molar refractivity (Wildman–Crippen MR) is 52.9 cm³/mol. The van der Waals surface area contributed by atoms with Crippen molar-refractivity contribution in [2.24, 2.45) is 0 Å². The number of rotatable bonds is 2. The second-order valence-corrected chi connectivity index (χ2v) is 3.85. The van der Waals surface area contributed by atoms with Gasteiger partial charge in [0.05, 0.1) is 6.04 Å². The van der Waals surface area contributed by atoms with Gasteiger partial charge in [0.2, 0.25) is 5.82 Å². The molecule has 0 spiro atoms. The molecule has 1 N–H and O–H groups in total. The summed E-state index contributed by atoms with van der Waals surface area (Å²) in [5.74, 6) is 0.562. The summed E-state index contributed by atoms with van der Waals surface area (Å²) in [7, 11) is 0. The van der Waals surface area contributed by atoms with E-state index in [0.29, 0.717) is 11.9 Å². The normalized spacial score (nSPS) is 17.3. The number of H-pyrrole nitrogens is 1. The largest absolute Gasteiger partial charge is 0.269 e. The maximum Gasteiger partial charge on any atom is 0.224 e. The first-order valence-electron chi connectivity index (χ1n) is 5.22. The Morgan fingerprint density at radius 1 is 1.33 bits per heavy atom. The van der Waals surface area contributed by atoms with Gasteiger partial charge in [0, 0.05) is 6.20 Å². The molecule has 2 aromatic rings. The van der Waals surface area contributed by atoms with Gasteiger partial charge in [0.1, 0.15) is 5.69 Å². The van der Waals surface area contributed by atoms with Crippen LogP contribution < -0.4 is 0 Å². The van der Waals surface area contributed by atoms with E-state index in [1.165, 1.54) is 25.7 Å². The lowest BCUT2D eigenvalue weighted by atomic mass is 10.3. The lowest BCUT2D eigenvalue weighted by Gasteiger charge is -2.08. The zero-order chi connectivity index (χ0) is 10.1. The highest BCUT2D eigenvalue weighted by molar-refractivity contribution is 5.45. The molecule has 0 bridgehead atoms. The molecule has 0 saturated heterocycles. The van der Waals surface area contributed by atoms with E-state index >= 15 is 0 Å². The van der Waals surface area contributed by atoms with Gasteiger partial charge >= 0.3 is 0 Å². The zero-order valence-corrected chi connectivity index (χ0v) is 8.30. The minimum Gasteiger partial charge on any atom is -0.269 e. The molecule has 1 aliphatic carbocycles. The Bertz CT molecular complexity index is 425. The smallest absolute Gasteiger partial charge is 0.224 e. The topological polar surface area (TPSA) is 72.3 Å². The first-order valence-corrected chi connectivity index (χ1v) is 5.22. The van der Waals surface area contributed by atoms with Gasteiger partial charge in [0.25, 0.3) is 0 Å². The summed E-state index contributed by atoms with van der Waals surface area (Å²) < 4.78 is 2.03. The highest BCUT2D eigenvalue weighted by atomic mass is 15.5. The van der Waals surface area contributed by atoms with Crippen LogP contribution in [0.3, 0.4) is 0 Å².